The molecule has 0 aliphatic carbocycles. The average Bonchev–Trinajstić information content (AvgIpc) is 2.68. The van der Waals surface area contributed by atoms with Crippen LogP contribution in [0.15, 0.2) is 54.7 Å². The monoisotopic (exact) mass is 380 g/mol. The van der Waals surface area contributed by atoms with Crippen LogP contribution in [0.1, 0.15) is 5.56 Å². The number of anilines is 2. The number of hydrogen-bond donors (Lipinski definition) is 2. The molecule has 0 aliphatic rings. The highest BCUT2D eigenvalue weighted by Gasteiger charge is 2.08. The molecule has 0 unspecified atom stereocenters. The van der Waals surface area contributed by atoms with Gasteiger partial charge < -0.3 is 20.3 Å². The molecule has 140 valence electrons. The average molecular weight is 381 g/mol. The summed E-state index contributed by atoms with van der Waals surface area (Å²) in [5.41, 5.74) is 4.17. The van der Waals surface area contributed by atoms with E-state index in [0.29, 0.717) is 5.11 Å². The molecule has 0 radical (unpaired) electrons. The van der Waals surface area contributed by atoms with Gasteiger partial charge in [-0.1, -0.05) is 17.7 Å². The fraction of sp³-hybridized carbons (Fsp3) is 0.238. The summed E-state index contributed by atoms with van der Waals surface area (Å²) in [4.78, 5) is 6.61. The van der Waals surface area contributed by atoms with Gasteiger partial charge in [0.25, 0.3) is 0 Å². The molecule has 3 rings (SSSR count). The summed E-state index contributed by atoms with van der Waals surface area (Å²) in [6.45, 7) is 3.67. The maximum absolute atomic E-state index is 5.45. The van der Waals surface area contributed by atoms with Crippen molar-refractivity contribution in [2.75, 3.05) is 37.5 Å². The largest absolute Gasteiger partial charge is 0.494 e. The van der Waals surface area contributed by atoms with Crippen LogP contribution in [0, 0.1) is 6.92 Å². The minimum Gasteiger partial charge on any atom is -0.494 e. The number of aryl methyl sites for hydroxylation is 1. The predicted molar refractivity (Wildman–Crippen MR) is 117 cm³/mol. The number of nitrogens with zero attached hydrogens (tertiary/aromatic N) is 2. The quantitative estimate of drug-likeness (QED) is 0.631. The highest BCUT2D eigenvalue weighted by atomic mass is 32.1. The second-order valence-electron chi connectivity index (χ2n) is 6.35. The SMILES string of the molecule is COc1ccc(NC(=S)NCCN(C)c2ccc(C)cc2)c2cccnc12. The molecule has 0 bridgehead atoms. The van der Waals surface area contributed by atoms with Gasteiger partial charge in [-0.05, 0) is 55.5 Å². The number of pyridine rings is 1. The Kier molecular flexibility index (Phi) is 6.08. The van der Waals surface area contributed by atoms with Crippen LogP contribution in [-0.4, -0.2) is 37.3 Å². The molecule has 1 aromatic heterocycles. The maximum atomic E-state index is 5.45. The first-order valence-electron chi connectivity index (χ1n) is 8.83. The topological polar surface area (TPSA) is 49.4 Å². The summed E-state index contributed by atoms with van der Waals surface area (Å²) < 4.78 is 5.38. The number of fused-ring (bicyclic) bond motifs is 1. The predicted octanol–water partition coefficient (Wildman–Crippen LogP) is 3.97. The van der Waals surface area contributed by atoms with Crippen molar-refractivity contribution in [1.82, 2.24) is 10.3 Å². The molecule has 0 saturated carbocycles. The smallest absolute Gasteiger partial charge is 0.170 e. The third kappa shape index (κ3) is 4.65. The number of likely N-dealkylation sites (N-methyl/N-ethyl adjacent to an activating group) is 1. The van der Waals surface area contributed by atoms with E-state index in [1.54, 1.807) is 13.3 Å². The van der Waals surface area contributed by atoms with E-state index in [0.717, 1.165) is 35.4 Å². The van der Waals surface area contributed by atoms with Gasteiger partial charge in [0.1, 0.15) is 11.3 Å². The lowest BCUT2D eigenvalue weighted by Gasteiger charge is -2.20. The Hall–Kier alpha value is -2.86. The van der Waals surface area contributed by atoms with Crippen LogP contribution >= 0.6 is 12.2 Å². The molecule has 27 heavy (non-hydrogen) atoms. The molecule has 0 aliphatic heterocycles. The summed E-state index contributed by atoms with van der Waals surface area (Å²) >= 11 is 5.45. The lowest BCUT2D eigenvalue weighted by Crippen LogP contribution is -2.35. The maximum Gasteiger partial charge on any atom is 0.170 e. The summed E-state index contributed by atoms with van der Waals surface area (Å²) in [7, 11) is 3.72. The Morgan fingerprint density at radius 1 is 1.15 bits per heavy atom. The molecule has 5 nitrogen and oxygen atoms in total. The zero-order valence-electron chi connectivity index (χ0n) is 15.8. The van der Waals surface area contributed by atoms with Gasteiger partial charge in [0, 0.05) is 43.1 Å². The highest BCUT2D eigenvalue weighted by molar-refractivity contribution is 7.80. The third-order valence-corrected chi connectivity index (χ3v) is 4.65. The van der Waals surface area contributed by atoms with Gasteiger partial charge in [-0.3, -0.25) is 4.98 Å². The van der Waals surface area contributed by atoms with E-state index in [2.05, 4.69) is 58.8 Å². The van der Waals surface area contributed by atoms with Gasteiger partial charge in [0.05, 0.1) is 7.11 Å². The number of hydrogen-bond acceptors (Lipinski definition) is 4. The lowest BCUT2D eigenvalue weighted by atomic mass is 10.1. The molecular weight excluding hydrogens is 356 g/mol. The number of nitrogens with one attached hydrogen (secondary N) is 2. The second kappa shape index (κ2) is 8.68. The van der Waals surface area contributed by atoms with Gasteiger partial charge in [-0.25, -0.2) is 0 Å². The van der Waals surface area contributed by atoms with Crippen molar-refractivity contribution < 1.29 is 4.74 Å². The number of aromatic nitrogens is 1. The Labute approximate surface area is 165 Å². The number of methoxy groups -OCH3 is 1. The zero-order chi connectivity index (χ0) is 19.2. The first-order chi connectivity index (χ1) is 13.1. The van der Waals surface area contributed by atoms with Crippen LogP contribution in [0.4, 0.5) is 11.4 Å². The summed E-state index contributed by atoms with van der Waals surface area (Å²) in [6, 6.07) is 16.2. The van der Waals surface area contributed by atoms with Crippen LogP contribution in [0.2, 0.25) is 0 Å². The Balaban J connectivity index is 1.58. The third-order valence-electron chi connectivity index (χ3n) is 4.41. The Morgan fingerprint density at radius 3 is 2.67 bits per heavy atom. The van der Waals surface area contributed by atoms with Crippen molar-refractivity contribution in [1.29, 1.82) is 0 Å². The number of benzene rings is 2. The standard InChI is InChI=1S/C21H24N4OS/c1-15-6-8-16(9-7-15)25(2)14-13-23-21(27)24-18-10-11-19(26-3)20-17(18)5-4-12-22-20/h4-12H,13-14H2,1-3H3,(H2,23,24,27). The van der Waals surface area contributed by atoms with Crippen LogP contribution in [-0.2, 0) is 0 Å². The molecule has 0 fully saturated rings. The van der Waals surface area contributed by atoms with E-state index in [-0.39, 0.29) is 0 Å². The van der Waals surface area contributed by atoms with E-state index in [9.17, 15) is 0 Å². The van der Waals surface area contributed by atoms with Crippen molar-refractivity contribution in [2.24, 2.45) is 0 Å². The lowest BCUT2D eigenvalue weighted by molar-refractivity contribution is 0.419. The van der Waals surface area contributed by atoms with E-state index in [1.807, 2.05) is 24.3 Å². The van der Waals surface area contributed by atoms with Crippen LogP contribution in [0.3, 0.4) is 0 Å². The van der Waals surface area contributed by atoms with Gasteiger partial charge >= 0.3 is 0 Å². The summed E-state index contributed by atoms with van der Waals surface area (Å²) in [5, 5.41) is 8.08. The molecule has 0 atom stereocenters. The van der Waals surface area contributed by atoms with Gasteiger partial charge in [0.15, 0.2) is 5.11 Å². The van der Waals surface area contributed by atoms with Crippen LogP contribution in [0.5, 0.6) is 5.75 Å². The minimum absolute atomic E-state index is 0.586. The normalized spacial score (nSPS) is 10.5. The zero-order valence-corrected chi connectivity index (χ0v) is 16.6. The molecular formula is C21H24N4OS. The van der Waals surface area contributed by atoms with Crippen LogP contribution < -0.4 is 20.3 Å². The molecule has 3 aromatic rings. The molecule has 6 heteroatoms. The van der Waals surface area contributed by atoms with Gasteiger partial charge in [-0.2, -0.15) is 0 Å². The van der Waals surface area contributed by atoms with Gasteiger partial charge in [0.2, 0.25) is 0 Å². The highest BCUT2D eigenvalue weighted by Crippen LogP contribution is 2.29. The molecule has 0 saturated heterocycles. The summed E-state index contributed by atoms with van der Waals surface area (Å²) in [6.07, 6.45) is 1.76. The van der Waals surface area contributed by atoms with Crippen LogP contribution in [0.25, 0.3) is 10.9 Å². The van der Waals surface area contributed by atoms with Crippen molar-refractivity contribution in [3.8, 4) is 5.75 Å². The number of thiocarbonyl (C=S) groups is 1. The molecule has 2 N–H and O–H groups in total. The first-order valence-corrected chi connectivity index (χ1v) is 9.23. The first kappa shape index (κ1) is 18.9. The van der Waals surface area contributed by atoms with Crippen molar-refractivity contribution in [2.45, 2.75) is 6.92 Å². The number of rotatable bonds is 6. The minimum atomic E-state index is 0.586. The molecule has 0 amide bonds. The van der Waals surface area contributed by atoms with Crippen molar-refractivity contribution in [3.63, 3.8) is 0 Å². The Morgan fingerprint density at radius 2 is 1.93 bits per heavy atom. The van der Waals surface area contributed by atoms with E-state index in [1.165, 1.54) is 11.3 Å². The van der Waals surface area contributed by atoms with Crippen molar-refractivity contribution in [3.05, 3.63) is 60.3 Å². The molecule has 1 heterocycles. The number of ether oxygens (including phenoxy) is 1. The fourth-order valence-electron chi connectivity index (χ4n) is 2.85. The Bertz CT molecular complexity index is 927. The van der Waals surface area contributed by atoms with E-state index in [4.69, 9.17) is 17.0 Å². The molecule has 0 spiro atoms. The molecule has 2 aromatic carbocycles. The van der Waals surface area contributed by atoms with Gasteiger partial charge in [-0.15, -0.1) is 0 Å². The fourth-order valence-corrected chi connectivity index (χ4v) is 3.06. The van der Waals surface area contributed by atoms with E-state index < -0.39 is 0 Å². The van der Waals surface area contributed by atoms with E-state index >= 15 is 0 Å². The summed E-state index contributed by atoms with van der Waals surface area (Å²) in [5.74, 6) is 0.745. The van der Waals surface area contributed by atoms with Crippen molar-refractivity contribution >= 4 is 39.6 Å². The second-order valence-corrected chi connectivity index (χ2v) is 6.76.